The Morgan fingerprint density at radius 3 is 2.00 bits per heavy atom. The summed E-state index contributed by atoms with van der Waals surface area (Å²) in [5, 5.41) is 1.84. The van der Waals surface area contributed by atoms with Gasteiger partial charge in [-0.15, -0.1) is 0 Å². The molecule has 1 saturated heterocycles. The topological polar surface area (TPSA) is 57.2 Å². The number of aryl methyl sites for hydroxylation is 1. The van der Waals surface area contributed by atoms with Crippen LogP contribution in [0.4, 0.5) is 5.69 Å². The Balaban J connectivity index is 0.939. The van der Waals surface area contributed by atoms with E-state index in [2.05, 4.69) is 121 Å². The van der Waals surface area contributed by atoms with Crippen LogP contribution >= 0.6 is 0 Å². The standard InChI is InChI=1S/C56H61NO5/c1-3-5-10-17-42-20-29-49(30-21-42)60-38-15-6-7-16-39-61-50-31-22-43(23-32-50)44-24-33-51-45(40-44)41-53(55(58)59-4-2)52-34-35-56(62-54(51)52,46-18-11-8-12-19-46)47-25-27-48(28-26-47)57-36-13-9-14-37-57/h8,11-12,18-35,40-41H,3-7,9-10,13-17,36-39H2,1-2H3. The van der Waals surface area contributed by atoms with Gasteiger partial charge in [-0.05, 0) is 147 Å². The highest BCUT2D eigenvalue weighted by molar-refractivity contribution is 6.05. The van der Waals surface area contributed by atoms with E-state index in [1.165, 1.54) is 49.8 Å². The molecule has 1 atom stereocenters. The molecule has 0 saturated carbocycles. The molecule has 1 fully saturated rings. The molecule has 0 radical (unpaired) electrons. The number of piperidine rings is 1. The van der Waals surface area contributed by atoms with E-state index >= 15 is 0 Å². The molecule has 6 heteroatoms. The zero-order chi connectivity index (χ0) is 42.6. The number of anilines is 1. The average molecular weight is 828 g/mol. The molecule has 6 aromatic rings. The second-order valence-electron chi connectivity index (χ2n) is 16.7. The van der Waals surface area contributed by atoms with Gasteiger partial charge >= 0.3 is 5.97 Å². The number of hydrogen-bond donors (Lipinski definition) is 0. The molecule has 8 rings (SSSR count). The number of carbonyl (C=O) groups is 1. The van der Waals surface area contributed by atoms with Crippen LogP contribution in [0.2, 0.25) is 0 Å². The molecule has 0 aliphatic carbocycles. The van der Waals surface area contributed by atoms with Crippen LogP contribution in [0.15, 0.2) is 133 Å². The van der Waals surface area contributed by atoms with E-state index in [-0.39, 0.29) is 12.6 Å². The fraction of sp³-hybridized carbons (Fsp3) is 0.339. The molecule has 62 heavy (non-hydrogen) atoms. The van der Waals surface area contributed by atoms with E-state index in [0.29, 0.717) is 17.9 Å². The highest BCUT2D eigenvalue weighted by Gasteiger charge is 2.39. The first kappa shape index (κ1) is 42.7. The molecule has 1 unspecified atom stereocenters. The number of fused-ring (bicyclic) bond motifs is 3. The SMILES string of the molecule is CCCCCc1ccc(OCCCCCCOc2ccc(-c3ccc4c5c(c(C(=O)OCC)cc4c3)C=CC(c3ccccc3)(c3ccc(N4CCCCC4)cc3)O5)cc2)cc1. The maximum absolute atomic E-state index is 13.6. The van der Waals surface area contributed by atoms with E-state index in [0.717, 1.165) is 102 Å². The van der Waals surface area contributed by atoms with E-state index in [1.54, 1.807) is 0 Å². The molecular weight excluding hydrogens is 767 g/mol. The van der Waals surface area contributed by atoms with Gasteiger partial charge in [0.25, 0.3) is 0 Å². The summed E-state index contributed by atoms with van der Waals surface area (Å²) in [6, 6.07) is 44.4. The Bertz CT molecular complexity index is 2400. The van der Waals surface area contributed by atoms with E-state index in [4.69, 9.17) is 18.9 Å². The lowest BCUT2D eigenvalue weighted by molar-refractivity contribution is 0.0524. The molecule has 6 aromatic carbocycles. The molecule has 2 aliphatic rings. The van der Waals surface area contributed by atoms with Gasteiger partial charge in [-0.1, -0.05) is 98.6 Å². The molecule has 2 aliphatic heterocycles. The smallest absolute Gasteiger partial charge is 0.338 e. The summed E-state index contributed by atoms with van der Waals surface area (Å²) < 4.78 is 25.0. The summed E-state index contributed by atoms with van der Waals surface area (Å²) in [6.45, 7) is 7.96. The van der Waals surface area contributed by atoms with Crippen LogP contribution in [0.25, 0.3) is 28.0 Å². The molecule has 0 N–H and O–H groups in total. The zero-order valence-electron chi connectivity index (χ0n) is 36.6. The van der Waals surface area contributed by atoms with Gasteiger partial charge < -0.3 is 23.8 Å². The summed E-state index contributed by atoms with van der Waals surface area (Å²) in [4.78, 5) is 16.0. The third-order valence-electron chi connectivity index (χ3n) is 12.4. The normalized spacial score (nSPS) is 15.8. The van der Waals surface area contributed by atoms with Crippen molar-refractivity contribution in [1.82, 2.24) is 0 Å². The molecule has 0 spiro atoms. The first-order valence-corrected chi connectivity index (χ1v) is 23.1. The number of unbranched alkanes of at least 4 members (excludes halogenated alkanes) is 5. The minimum atomic E-state index is -0.904. The van der Waals surface area contributed by atoms with Crippen molar-refractivity contribution in [3.05, 3.63) is 161 Å². The largest absolute Gasteiger partial charge is 0.494 e. The van der Waals surface area contributed by atoms with E-state index in [1.807, 2.05) is 37.3 Å². The minimum Gasteiger partial charge on any atom is -0.494 e. The van der Waals surface area contributed by atoms with Crippen LogP contribution < -0.4 is 19.1 Å². The van der Waals surface area contributed by atoms with Crippen molar-refractivity contribution < 1.29 is 23.7 Å². The number of hydrogen-bond acceptors (Lipinski definition) is 6. The van der Waals surface area contributed by atoms with Crippen LogP contribution in [0, 0.1) is 0 Å². The summed E-state index contributed by atoms with van der Waals surface area (Å²) in [7, 11) is 0. The first-order valence-electron chi connectivity index (χ1n) is 23.1. The van der Waals surface area contributed by atoms with Crippen molar-refractivity contribution >= 4 is 28.5 Å². The molecule has 0 amide bonds. The predicted molar refractivity (Wildman–Crippen MR) is 254 cm³/mol. The Labute approximate surface area is 368 Å². The Morgan fingerprint density at radius 1 is 0.661 bits per heavy atom. The number of nitrogens with zero attached hydrogens (tertiary/aromatic N) is 1. The maximum atomic E-state index is 13.6. The number of ether oxygens (including phenoxy) is 4. The second kappa shape index (κ2) is 20.7. The van der Waals surface area contributed by atoms with Gasteiger partial charge in [-0.3, -0.25) is 0 Å². The lowest BCUT2D eigenvalue weighted by atomic mass is 9.82. The van der Waals surface area contributed by atoms with Crippen molar-refractivity contribution in [2.24, 2.45) is 0 Å². The lowest BCUT2D eigenvalue weighted by Crippen LogP contribution is -2.35. The lowest BCUT2D eigenvalue weighted by Gasteiger charge is -2.37. The van der Waals surface area contributed by atoms with Crippen LogP contribution in [0.1, 0.15) is 111 Å². The quantitative estimate of drug-likeness (QED) is 0.0599. The van der Waals surface area contributed by atoms with Crippen molar-refractivity contribution in [1.29, 1.82) is 0 Å². The summed E-state index contributed by atoms with van der Waals surface area (Å²) in [5.74, 6) is 2.12. The zero-order valence-corrected chi connectivity index (χ0v) is 36.6. The van der Waals surface area contributed by atoms with Gasteiger partial charge in [0.05, 0.1) is 25.4 Å². The minimum absolute atomic E-state index is 0.283. The summed E-state index contributed by atoms with van der Waals surface area (Å²) >= 11 is 0. The van der Waals surface area contributed by atoms with E-state index in [9.17, 15) is 4.79 Å². The third kappa shape index (κ3) is 10.0. The predicted octanol–water partition coefficient (Wildman–Crippen LogP) is 13.8. The van der Waals surface area contributed by atoms with E-state index < -0.39 is 5.60 Å². The molecule has 320 valence electrons. The number of carbonyl (C=O) groups excluding carboxylic acids is 1. The number of benzene rings is 6. The molecule has 0 bridgehead atoms. The fourth-order valence-corrected chi connectivity index (χ4v) is 8.87. The van der Waals surface area contributed by atoms with Crippen LogP contribution in [-0.4, -0.2) is 38.9 Å². The first-order chi connectivity index (χ1) is 30.5. The van der Waals surface area contributed by atoms with Crippen LogP contribution in [-0.2, 0) is 16.8 Å². The van der Waals surface area contributed by atoms with Crippen LogP contribution in [0.3, 0.4) is 0 Å². The maximum Gasteiger partial charge on any atom is 0.338 e. The van der Waals surface area contributed by atoms with Crippen LogP contribution in [0.5, 0.6) is 17.2 Å². The molecule has 0 aromatic heterocycles. The Hall–Kier alpha value is -6.01. The molecule has 2 heterocycles. The van der Waals surface area contributed by atoms with Gasteiger partial charge in [0, 0.05) is 40.9 Å². The number of esters is 1. The van der Waals surface area contributed by atoms with Gasteiger partial charge in [0.1, 0.15) is 17.2 Å². The van der Waals surface area contributed by atoms with Crippen molar-refractivity contribution in [3.63, 3.8) is 0 Å². The molecular formula is C56H61NO5. The van der Waals surface area contributed by atoms with Gasteiger partial charge in [-0.25, -0.2) is 4.79 Å². The summed E-state index contributed by atoms with van der Waals surface area (Å²) in [5.41, 5.74) is 7.09. The van der Waals surface area contributed by atoms with Gasteiger partial charge in [0.2, 0.25) is 0 Å². The monoisotopic (exact) mass is 827 g/mol. The fourth-order valence-electron chi connectivity index (χ4n) is 8.87. The van der Waals surface area contributed by atoms with Crippen molar-refractivity contribution in [2.45, 2.75) is 90.1 Å². The average Bonchev–Trinajstić information content (AvgIpc) is 3.33. The highest BCUT2D eigenvalue weighted by Crippen LogP contribution is 2.47. The van der Waals surface area contributed by atoms with Gasteiger partial charge in [-0.2, -0.15) is 0 Å². The summed E-state index contributed by atoms with van der Waals surface area (Å²) in [6.07, 6.45) is 17.1. The van der Waals surface area contributed by atoms with Crippen molar-refractivity contribution in [3.8, 4) is 28.4 Å². The third-order valence-corrected chi connectivity index (χ3v) is 12.4. The second-order valence-corrected chi connectivity index (χ2v) is 16.7. The highest BCUT2D eigenvalue weighted by atomic mass is 16.5. The number of rotatable bonds is 19. The van der Waals surface area contributed by atoms with Crippen molar-refractivity contribution in [2.75, 3.05) is 37.8 Å². The molecule has 6 nitrogen and oxygen atoms in total. The van der Waals surface area contributed by atoms with Gasteiger partial charge in [0.15, 0.2) is 5.60 Å². The Kier molecular flexibility index (Phi) is 14.2. The Morgan fingerprint density at radius 2 is 1.32 bits per heavy atom.